The zero-order chi connectivity index (χ0) is 18.0. The Balaban J connectivity index is 0.00000196. The van der Waals surface area contributed by atoms with E-state index in [0.717, 1.165) is 50.8 Å². The fraction of sp³-hybridized carbons (Fsp3) is 0.429. The number of ether oxygens (including phenoxy) is 2. The van der Waals surface area contributed by atoms with Crippen molar-refractivity contribution in [2.45, 2.75) is 6.54 Å². The first-order valence-corrected chi connectivity index (χ1v) is 9.28. The molecule has 156 valence electrons. The minimum absolute atomic E-state index is 0. The number of hydrogen-bond acceptors (Lipinski definition) is 5. The lowest BCUT2D eigenvalue weighted by molar-refractivity contribution is -0.00100. The van der Waals surface area contributed by atoms with Crippen LogP contribution >= 0.6 is 0 Å². The molecule has 1 N–H and O–H groups in total. The standard InChI is InChI=1S/C21H28N2O3.2ClH/c24-14-16-25-15-13-22-9-11-23(12-10-22)18-19-5-4-8-21(17-19)26-20-6-2-1-3-7-20;;/h1-8,17,24H,9-16,18H2;2*1H/p-2. The fourth-order valence-electron chi connectivity index (χ4n) is 3.12. The normalized spacial score (nSPS) is 14.8. The van der Waals surface area contributed by atoms with E-state index in [2.05, 4.69) is 28.0 Å². The number of hydrogen-bond donors (Lipinski definition) is 1. The summed E-state index contributed by atoms with van der Waals surface area (Å²) in [6, 6.07) is 18.2. The second kappa shape index (κ2) is 13.8. The summed E-state index contributed by atoms with van der Waals surface area (Å²) in [5.41, 5.74) is 1.28. The number of para-hydroxylation sites is 1. The molecule has 0 radical (unpaired) electrons. The Labute approximate surface area is 180 Å². The van der Waals surface area contributed by atoms with Crippen molar-refractivity contribution in [3.8, 4) is 11.5 Å². The van der Waals surface area contributed by atoms with Gasteiger partial charge in [-0.15, -0.1) is 0 Å². The lowest BCUT2D eigenvalue weighted by atomic mass is 10.2. The number of halogens is 2. The van der Waals surface area contributed by atoms with E-state index in [0.29, 0.717) is 13.2 Å². The first-order chi connectivity index (χ1) is 12.8. The van der Waals surface area contributed by atoms with Crippen LogP contribution < -0.4 is 29.6 Å². The van der Waals surface area contributed by atoms with E-state index < -0.39 is 0 Å². The average Bonchev–Trinajstić information content (AvgIpc) is 2.68. The molecule has 0 spiro atoms. The summed E-state index contributed by atoms with van der Waals surface area (Å²) in [6.45, 7) is 7.34. The molecule has 0 unspecified atom stereocenters. The first kappa shape index (κ1) is 24.7. The van der Waals surface area contributed by atoms with Crippen molar-refractivity contribution in [2.24, 2.45) is 0 Å². The van der Waals surface area contributed by atoms with Crippen LogP contribution in [0.2, 0.25) is 0 Å². The van der Waals surface area contributed by atoms with Gasteiger partial charge in [0.2, 0.25) is 0 Å². The third-order valence-corrected chi connectivity index (χ3v) is 4.54. The van der Waals surface area contributed by atoms with Gasteiger partial charge in [0.1, 0.15) is 11.5 Å². The number of rotatable bonds is 9. The second-order valence-electron chi connectivity index (χ2n) is 6.52. The summed E-state index contributed by atoms with van der Waals surface area (Å²) in [7, 11) is 0. The molecule has 28 heavy (non-hydrogen) atoms. The molecule has 3 rings (SSSR count). The Morgan fingerprint density at radius 3 is 2.18 bits per heavy atom. The highest BCUT2D eigenvalue weighted by atomic mass is 35.5. The van der Waals surface area contributed by atoms with Crippen LogP contribution in [0.15, 0.2) is 54.6 Å². The summed E-state index contributed by atoms with van der Waals surface area (Å²) in [6.07, 6.45) is 0. The minimum atomic E-state index is 0. The number of piperazine rings is 1. The van der Waals surface area contributed by atoms with E-state index in [9.17, 15) is 0 Å². The van der Waals surface area contributed by atoms with Gasteiger partial charge in [-0.1, -0.05) is 30.3 Å². The summed E-state index contributed by atoms with van der Waals surface area (Å²) < 4.78 is 11.3. The highest BCUT2D eigenvalue weighted by Crippen LogP contribution is 2.22. The SMILES string of the molecule is OCCOCCN1CCN(Cc2cccc(Oc3ccccc3)c2)CC1.[Cl-].[Cl-]. The van der Waals surface area contributed by atoms with Crippen molar-refractivity contribution in [2.75, 3.05) is 52.5 Å². The molecule has 0 saturated carbocycles. The van der Waals surface area contributed by atoms with Crippen LogP contribution in [0.25, 0.3) is 0 Å². The van der Waals surface area contributed by atoms with Gasteiger partial charge in [-0.2, -0.15) is 0 Å². The minimum Gasteiger partial charge on any atom is -1.00 e. The van der Waals surface area contributed by atoms with E-state index in [4.69, 9.17) is 14.6 Å². The maximum absolute atomic E-state index is 8.73. The molecule has 1 aliphatic rings. The van der Waals surface area contributed by atoms with E-state index in [-0.39, 0.29) is 31.4 Å². The van der Waals surface area contributed by atoms with Crippen molar-refractivity contribution < 1.29 is 39.4 Å². The molecular formula is C21H28Cl2N2O3-2. The van der Waals surface area contributed by atoms with Crippen LogP contribution in [0.3, 0.4) is 0 Å². The molecule has 1 saturated heterocycles. The van der Waals surface area contributed by atoms with Crippen LogP contribution in [0.5, 0.6) is 11.5 Å². The van der Waals surface area contributed by atoms with Gasteiger partial charge >= 0.3 is 0 Å². The molecule has 1 heterocycles. The van der Waals surface area contributed by atoms with Crippen LogP contribution in [0.1, 0.15) is 5.56 Å². The van der Waals surface area contributed by atoms with E-state index >= 15 is 0 Å². The van der Waals surface area contributed by atoms with Gasteiger partial charge in [-0.05, 0) is 29.8 Å². The Bertz CT molecular complexity index is 653. The van der Waals surface area contributed by atoms with Crippen LogP contribution in [0, 0.1) is 0 Å². The number of nitrogens with zero attached hydrogens (tertiary/aromatic N) is 2. The lowest BCUT2D eigenvalue weighted by Gasteiger charge is -2.34. The topological polar surface area (TPSA) is 45.2 Å². The smallest absolute Gasteiger partial charge is 0.127 e. The van der Waals surface area contributed by atoms with Gasteiger partial charge in [0.05, 0.1) is 19.8 Å². The molecule has 1 aliphatic heterocycles. The van der Waals surface area contributed by atoms with E-state index in [1.807, 2.05) is 36.4 Å². The molecule has 0 aliphatic carbocycles. The van der Waals surface area contributed by atoms with Gasteiger partial charge in [-0.25, -0.2) is 0 Å². The van der Waals surface area contributed by atoms with E-state index in [1.54, 1.807) is 0 Å². The summed E-state index contributed by atoms with van der Waals surface area (Å²) in [4.78, 5) is 4.90. The van der Waals surface area contributed by atoms with Crippen molar-refractivity contribution in [1.82, 2.24) is 9.80 Å². The maximum atomic E-state index is 8.73. The largest absolute Gasteiger partial charge is 1.00 e. The first-order valence-electron chi connectivity index (χ1n) is 9.28. The highest BCUT2D eigenvalue weighted by Gasteiger charge is 2.16. The molecule has 2 aromatic carbocycles. The predicted octanol–water partition coefficient (Wildman–Crippen LogP) is -3.39. The second-order valence-corrected chi connectivity index (χ2v) is 6.52. The summed E-state index contributed by atoms with van der Waals surface area (Å²) >= 11 is 0. The molecule has 0 atom stereocenters. The maximum Gasteiger partial charge on any atom is 0.127 e. The molecule has 2 aromatic rings. The summed E-state index contributed by atoms with van der Waals surface area (Å²) in [5.74, 6) is 1.75. The van der Waals surface area contributed by atoms with Gasteiger partial charge in [0.15, 0.2) is 0 Å². The van der Waals surface area contributed by atoms with Crippen LogP contribution in [-0.2, 0) is 11.3 Å². The molecule has 7 heteroatoms. The third kappa shape index (κ3) is 8.35. The van der Waals surface area contributed by atoms with Crippen molar-refractivity contribution in [3.63, 3.8) is 0 Å². The molecular weight excluding hydrogens is 399 g/mol. The molecule has 0 bridgehead atoms. The zero-order valence-corrected chi connectivity index (χ0v) is 17.5. The van der Waals surface area contributed by atoms with Gasteiger partial charge in [0.25, 0.3) is 0 Å². The lowest BCUT2D eigenvalue weighted by Crippen LogP contribution is -3.00. The van der Waals surface area contributed by atoms with Crippen LogP contribution in [-0.4, -0.2) is 67.5 Å². The fourth-order valence-corrected chi connectivity index (χ4v) is 3.12. The summed E-state index contributed by atoms with van der Waals surface area (Å²) in [5, 5.41) is 8.73. The van der Waals surface area contributed by atoms with Gasteiger partial charge < -0.3 is 39.4 Å². The predicted molar refractivity (Wildman–Crippen MR) is 103 cm³/mol. The quantitative estimate of drug-likeness (QED) is 0.423. The van der Waals surface area contributed by atoms with Crippen molar-refractivity contribution >= 4 is 0 Å². The van der Waals surface area contributed by atoms with Crippen LogP contribution in [0.4, 0.5) is 0 Å². The van der Waals surface area contributed by atoms with E-state index in [1.165, 1.54) is 5.56 Å². The average molecular weight is 427 g/mol. The number of aliphatic hydroxyl groups is 1. The van der Waals surface area contributed by atoms with Crippen molar-refractivity contribution in [1.29, 1.82) is 0 Å². The molecule has 0 amide bonds. The monoisotopic (exact) mass is 426 g/mol. The highest BCUT2D eigenvalue weighted by molar-refractivity contribution is 5.33. The third-order valence-electron chi connectivity index (χ3n) is 4.54. The van der Waals surface area contributed by atoms with Gasteiger partial charge in [0, 0.05) is 39.3 Å². The number of aliphatic hydroxyl groups excluding tert-OH is 1. The Morgan fingerprint density at radius 2 is 1.46 bits per heavy atom. The molecule has 5 nitrogen and oxygen atoms in total. The Hall–Kier alpha value is -1.34. The number of benzene rings is 2. The van der Waals surface area contributed by atoms with Gasteiger partial charge in [-0.3, -0.25) is 9.80 Å². The Kier molecular flexibility index (Phi) is 12.1. The molecule has 0 aromatic heterocycles. The molecule has 1 fully saturated rings. The zero-order valence-electron chi connectivity index (χ0n) is 16.0. The Morgan fingerprint density at radius 1 is 0.786 bits per heavy atom. The van der Waals surface area contributed by atoms with Crippen molar-refractivity contribution in [3.05, 3.63) is 60.2 Å².